The predicted octanol–water partition coefficient (Wildman–Crippen LogP) is 10.6. The molecule has 4 aromatic rings. The highest BCUT2D eigenvalue weighted by atomic mass is 16.7. The number of ether oxygens (including phenoxy) is 4. The molecule has 6 nitrogen and oxygen atoms in total. The van der Waals surface area contributed by atoms with Crippen molar-refractivity contribution in [1.29, 1.82) is 0 Å². The fraction of sp³-hybridized carbons (Fsp3) is 0.395. The average molecular weight is 663 g/mol. The van der Waals surface area contributed by atoms with E-state index in [0.717, 1.165) is 47.3 Å². The summed E-state index contributed by atoms with van der Waals surface area (Å²) in [4.78, 5) is 24.3. The molecule has 1 aliphatic carbocycles. The molecule has 3 unspecified atom stereocenters. The van der Waals surface area contributed by atoms with Crippen molar-refractivity contribution in [1.82, 2.24) is 0 Å². The van der Waals surface area contributed by atoms with Crippen molar-refractivity contribution in [2.45, 2.75) is 91.4 Å². The molecule has 4 aromatic carbocycles. The van der Waals surface area contributed by atoms with Crippen LogP contribution >= 0.6 is 0 Å². The third-order valence-corrected chi connectivity index (χ3v) is 10.6. The molecule has 0 spiro atoms. The van der Waals surface area contributed by atoms with Gasteiger partial charge in [0.25, 0.3) is 0 Å². The van der Waals surface area contributed by atoms with E-state index < -0.39 is 6.16 Å². The third kappa shape index (κ3) is 8.01. The van der Waals surface area contributed by atoms with Gasteiger partial charge >= 0.3 is 12.1 Å². The van der Waals surface area contributed by atoms with Gasteiger partial charge in [-0.25, -0.2) is 4.79 Å². The van der Waals surface area contributed by atoms with Crippen LogP contribution in [0.2, 0.25) is 0 Å². The van der Waals surface area contributed by atoms with E-state index in [2.05, 4.69) is 71.0 Å². The number of esters is 1. The lowest BCUT2D eigenvalue weighted by molar-refractivity contribution is -0.131. The number of carbonyl (C=O) groups is 2. The van der Waals surface area contributed by atoms with Crippen molar-refractivity contribution in [2.75, 3.05) is 7.11 Å². The summed E-state index contributed by atoms with van der Waals surface area (Å²) >= 11 is 0. The van der Waals surface area contributed by atoms with E-state index in [4.69, 9.17) is 18.9 Å². The second-order valence-corrected chi connectivity index (χ2v) is 14.7. The van der Waals surface area contributed by atoms with Crippen LogP contribution in [0.15, 0.2) is 84.9 Å². The van der Waals surface area contributed by atoms with E-state index in [-0.39, 0.29) is 16.8 Å². The van der Waals surface area contributed by atoms with Gasteiger partial charge in [0.15, 0.2) is 0 Å². The Morgan fingerprint density at radius 1 is 0.776 bits per heavy atom. The molecule has 3 atom stereocenters. The van der Waals surface area contributed by atoms with Gasteiger partial charge in [-0.3, -0.25) is 4.79 Å². The van der Waals surface area contributed by atoms with Crippen molar-refractivity contribution >= 4 is 12.1 Å². The summed E-state index contributed by atoms with van der Waals surface area (Å²) in [5.74, 6) is 3.52. The van der Waals surface area contributed by atoms with Crippen molar-refractivity contribution < 1.29 is 28.5 Å². The van der Waals surface area contributed by atoms with Crippen molar-refractivity contribution in [2.24, 2.45) is 11.8 Å². The highest BCUT2D eigenvalue weighted by molar-refractivity contribution is 5.70. The number of benzene rings is 4. The Morgan fingerprint density at radius 3 is 1.84 bits per heavy atom. The van der Waals surface area contributed by atoms with Gasteiger partial charge in [-0.2, -0.15) is 0 Å². The van der Waals surface area contributed by atoms with Crippen molar-refractivity contribution in [3.8, 4) is 23.0 Å². The average Bonchev–Trinajstić information content (AvgIpc) is 3.06. The van der Waals surface area contributed by atoms with Crippen LogP contribution in [-0.2, 0) is 15.6 Å². The van der Waals surface area contributed by atoms with Crippen LogP contribution in [0.3, 0.4) is 0 Å². The summed E-state index contributed by atoms with van der Waals surface area (Å²) in [6.07, 6.45) is 2.58. The topological polar surface area (TPSA) is 71.1 Å². The van der Waals surface area contributed by atoms with Gasteiger partial charge in [0.1, 0.15) is 23.0 Å². The second-order valence-electron chi connectivity index (χ2n) is 14.7. The Morgan fingerprint density at radius 2 is 1.33 bits per heavy atom. The number of hydrogen-bond acceptors (Lipinski definition) is 6. The van der Waals surface area contributed by atoms with Crippen LogP contribution in [-0.4, -0.2) is 19.2 Å². The molecule has 0 aromatic heterocycles. The Balaban J connectivity index is 1.26. The third-order valence-electron chi connectivity index (χ3n) is 10.6. The lowest BCUT2D eigenvalue weighted by atomic mass is 9.59. The van der Waals surface area contributed by atoms with Crippen LogP contribution in [0.4, 0.5) is 4.79 Å². The molecule has 6 heteroatoms. The number of methoxy groups -OCH3 is 1. The zero-order valence-corrected chi connectivity index (χ0v) is 30.4. The summed E-state index contributed by atoms with van der Waals surface area (Å²) in [5.41, 5.74) is 6.19. The van der Waals surface area contributed by atoms with E-state index in [1.165, 1.54) is 18.1 Å². The van der Waals surface area contributed by atoms with Crippen molar-refractivity contribution in [3.63, 3.8) is 0 Å². The molecule has 258 valence electrons. The lowest BCUT2D eigenvalue weighted by Crippen LogP contribution is -2.35. The molecule has 49 heavy (non-hydrogen) atoms. The standard InChI is InChI=1S/C43H50O6/c1-27(2)37-22-23-43(8,32-12-18-35(46-9)19-13-32)26-38(37)31-10-16-36(17-11-31)48-41(45)49-40-21-15-34(25-29(40)4)42(6,7)33-14-20-39(28(3)24-33)47-30(5)44/h10-21,24-25,27,37-38H,22-23,26H2,1-9H3. The fourth-order valence-corrected chi connectivity index (χ4v) is 7.46. The van der Waals surface area contributed by atoms with Crippen LogP contribution in [0, 0.1) is 25.7 Å². The van der Waals surface area contributed by atoms with Gasteiger partial charge in [0.2, 0.25) is 0 Å². The fourth-order valence-electron chi connectivity index (χ4n) is 7.46. The van der Waals surface area contributed by atoms with Gasteiger partial charge in [-0.15, -0.1) is 0 Å². The van der Waals surface area contributed by atoms with E-state index in [0.29, 0.717) is 35.0 Å². The van der Waals surface area contributed by atoms with Crippen LogP contribution in [0.1, 0.15) is 100 Å². The summed E-state index contributed by atoms with van der Waals surface area (Å²) in [5, 5.41) is 0. The van der Waals surface area contributed by atoms with Crippen LogP contribution in [0.5, 0.6) is 23.0 Å². The first-order valence-corrected chi connectivity index (χ1v) is 17.2. The number of aryl methyl sites for hydroxylation is 2. The molecule has 1 fully saturated rings. The lowest BCUT2D eigenvalue weighted by Gasteiger charge is -2.45. The molecule has 0 heterocycles. The first kappa shape index (κ1) is 35.7. The van der Waals surface area contributed by atoms with Gasteiger partial charge in [-0.05, 0) is 126 Å². The maximum atomic E-state index is 12.9. The maximum absolute atomic E-state index is 12.9. The molecular formula is C43H50O6. The summed E-state index contributed by atoms with van der Waals surface area (Å²) in [6, 6.07) is 28.1. The van der Waals surface area contributed by atoms with Crippen LogP contribution < -0.4 is 18.9 Å². The van der Waals surface area contributed by atoms with E-state index in [1.54, 1.807) is 7.11 Å². The highest BCUT2D eigenvalue weighted by Gasteiger charge is 2.40. The Hall–Kier alpha value is -4.58. The van der Waals surface area contributed by atoms with E-state index in [9.17, 15) is 9.59 Å². The number of carbonyl (C=O) groups excluding carboxylic acids is 2. The second kappa shape index (κ2) is 14.5. The van der Waals surface area contributed by atoms with E-state index in [1.807, 2.05) is 62.4 Å². The normalized spacial score (nSPS) is 19.3. The molecule has 1 aliphatic rings. The number of hydrogen-bond donors (Lipinski definition) is 0. The largest absolute Gasteiger partial charge is 0.519 e. The quantitative estimate of drug-likeness (QED) is 0.101. The predicted molar refractivity (Wildman–Crippen MR) is 194 cm³/mol. The molecule has 0 radical (unpaired) electrons. The molecule has 5 rings (SSSR count). The smallest absolute Gasteiger partial charge is 0.497 e. The first-order valence-electron chi connectivity index (χ1n) is 17.2. The minimum Gasteiger partial charge on any atom is -0.497 e. The maximum Gasteiger partial charge on any atom is 0.519 e. The summed E-state index contributed by atoms with van der Waals surface area (Å²) in [6.45, 7) is 16.5. The Labute approximate surface area is 291 Å². The first-order chi connectivity index (χ1) is 23.2. The van der Waals surface area contributed by atoms with Gasteiger partial charge in [0, 0.05) is 12.3 Å². The zero-order valence-electron chi connectivity index (χ0n) is 30.4. The molecule has 1 saturated carbocycles. The minimum atomic E-state index is -0.774. The van der Waals surface area contributed by atoms with Crippen LogP contribution in [0.25, 0.3) is 0 Å². The van der Waals surface area contributed by atoms with Gasteiger partial charge in [-0.1, -0.05) is 83.1 Å². The molecule has 0 aliphatic heterocycles. The Kier molecular flexibility index (Phi) is 10.6. The highest BCUT2D eigenvalue weighted by Crippen LogP contribution is 2.51. The van der Waals surface area contributed by atoms with Crippen molar-refractivity contribution in [3.05, 3.63) is 118 Å². The molecule has 0 bridgehead atoms. The summed E-state index contributed by atoms with van der Waals surface area (Å²) < 4.78 is 22.0. The molecule has 0 N–H and O–H groups in total. The van der Waals surface area contributed by atoms with E-state index >= 15 is 0 Å². The molecule has 0 amide bonds. The van der Waals surface area contributed by atoms with Gasteiger partial charge in [0.05, 0.1) is 7.11 Å². The number of rotatable bonds is 9. The van der Waals surface area contributed by atoms with Gasteiger partial charge < -0.3 is 18.9 Å². The zero-order chi connectivity index (χ0) is 35.5. The molecular weight excluding hydrogens is 612 g/mol. The summed E-state index contributed by atoms with van der Waals surface area (Å²) in [7, 11) is 1.70. The SMILES string of the molecule is COc1ccc(C2(C)CCC(C(C)C)C(c3ccc(OC(=O)Oc4ccc(C(C)(C)c5ccc(OC(C)=O)c(C)c5)cc4C)cc3)C2)cc1. The molecule has 0 saturated heterocycles. The monoisotopic (exact) mass is 662 g/mol. The minimum absolute atomic E-state index is 0.0682. The Bertz CT molecular complexity index is 1790.